The maximum absolute atomic E-state index is 12.0. The Bertz CT molecular complexity index is 401. The van der Waals surface area contributed by atoms with Crippen LogP contribution in [0.25, 0.3) is 0 Å². The minimum Gasteiger partial charge on any atom is -0.435 e. The smallest absolute Gasteiger partial charge is 0.387 e. The molecular weight excluding hydrogens is 266 g/mol. The first-order valence-electron chi connectivity index (χ1n) is 6.68. The molecule has 0 radical (unpaired) electrons. The van der Waals surface area contributed by atoms with Gasteiger partial charge in [0.25, 0.3) is 0 Å². The Kier molecular flexibility index (Phi) is 5.70. The fourth-order valence-corrected chi connectivity index (χ4v) is 2.16. The lowest BCUT2D eigenvalue weighted by atomic mass is 10.2. The van der Waals surface area contributed by atoms with Crippen LogP contribution in [0.2, 0.25) is 0 Å². The summed E-state index contributed by atoms with van der Waals surface area (Å²) in [6, 6.07) is 6.65. The molecule has 0 bridgehead atoms. The van der Waals surface area contributed by atoms with Crippen molar-refractivity contribution in [1.29, 1.82) is 0 Å². The topological polar surface area (TPSA) is 33.7 Å². The summed E-state index contributed by atoms with van der Waals surface area (Å²) >= 11 is 0. The van der Waals surface area contributed by atoms with Crippen LogP contribution in [-0.4, -0.2) is 50.9 Å². The van der Waals surface area contributed by atoms with Gasteiger partial charge in [-0.1, -0.05) is 12.1 Å². The first kappa shape index (κ1) is 15.2. The maximum Gasteiger partial charge on any atom is 0.387 e. The van der Waals surface area contributed by atoms with Gasteiger partial charge < -0.3 is 19.7 Å². The van der Waals surface area contributed by atoms with Gasteiger partial charge in [-0.05, 0) is 24.7 Å². The molecule has 0 saturated carbocycles. The van der Waals surface area contributed by atoms with Crippen molar-refractivity contribution in [3.05, 3.63) is 29.8 Å². The summed E-state index contributed by atoms with van der Waals surface area (Å²) < 4.78 is 34.0. The summed E-state index contributed by atoms with van der Waals surface area (Å²) in [5.41, 5.74) is 1.02. The molecule has 4 nitrogen and oxygen atoms in total. The minimum absolute atomic E-state index is 0.181. The summed E-state index contributed by atoms with van der Waals surface area (Å²) in [6.07, 6.45) is 0.204. The lowest BCUT2D eigenvalue weighted by molar-refractivity contribution is -0.0498. The molecular formula is C14H20F2N2O2. The highest BCUT2D eigenvalue weighted by Gasteiger charge is 2.16. The average molecular weight is 286 g/mol. The number of likely N-dealkylation sites (N-methyl/N-ethyl adjacent to an activating group) is 1. The van der Waals surface area contributed by atoms with Crippen LogP contribution in [0.5, 0.6) is 5.75 Å². The third kappa shape index (κ3) is 5.03. The van der Waals surface area contributed by atoms with Gasteiger partial charge in [-0.25, -0.2) is 0 Å². The molecule has 0 aromatic heterocycles. The molecule has 20 heavy (non-hydrogen) atoms. The predicted molar refractivity (Wildman–Crippen MR) is 72.0 cm³/mol. The summed E-state index contributed by atoms with van der Waals surface area (Å²) in [6.45, 7) is 1.34. The van der Waals surface area contributed by atoms with Gasteiger partial charge in [0.05, 0.1) is 12.7 Å². The first-order chi connectivity index (χ1) is 9.63. The molecule has 1 aliphatic rings. The van der Waals surface area contributed by atoms with Gasteiger partial charge in [-0.2, -0.15) is 8.78 Å². The number of benzene rings is 1. The van der Waals surface area contributed by atoms with Crippen molar-refractivity contribution in [2.75, 3.05) is 33.3 Å². The van der Waals surface area contributed by atoms with Gasteiger partial charge in [0, 0.05) is 26.2 Å². The number of alkyl halides is 2. The van der Waals surface area contributed by atoms with Gasteiger partial charge >= 0.3 is 6.61 Å². The Morgan fingerprint density at radius 2 is 2.15 bits per heavy atom. The largest absolute Gasteiger partial charge is 0.435 e. The fourth-order valence-electron chi connectivity index (χ4n) is 2.16. The zero-order chi connectivity index (χ0) is 14.4. The molecule has 1 atom stereocenters. The Balaban J connectivity index is 1.71. The highest BCUT2D eigenvalue weighted by atomic mass is 19.3. The van der Waals surface area contributed by atoms with Crippen LogP contribution in [-0.2, 0) is 11.3 Å². The Labute approximate surface area is 117 Å². The number of hydrogen-bond donors (Lipinski definition) is 1. The number of nitrogens with one attached hydrogen (secondary N) is 1. The average Bonchev–Trinajstić information content (AvgIpc) is 2.40. The van der Waals surface area contributed by atoms with E-state index in [9.17, 15) is 8.78 Å². The number of ether oxygens (including phenoxy) is 2. The lowest BCUT2D eigenvalue weighted by Gasteiger charge is -2.30. The van der Waals surface area contributed by atoms with E-state index < -0.39 is 6.61 Å². The molecule has 0 spiro atoms. The van der Waals surface area contributed by atoms with E-state index in [1.807, 2.05) is 0 Å². The number of hydrogen-bond acceptors (Lipinski definition) is 4. The van der Waals surface area contributed by atoms with Crippen LogP contribution in [0.4, 0.5) is 8.78 Å². The molecule has 1 unspecified atom stereocenters. The second-order valence-corrected chi connectivity index (χ2v) is 4.91. The molecule has 1 fully saturated rings. The highest BCUT2D eigenvalue weighted by molar-refractivity contribution is 5.27. The van der Waals surface area contributed by atoms with Crippen molar-refractivity contribution in [1.82, 2.24) is 10.2 Å². The van der Waals surface area contributed by atoms with Crippen LogP contribution >= 0.6 is 0 Å². The van der Waals surface area contributed by atoms with Crippen LogP contribution in [0.15, 0.2) is 24.3 Å². The number of nitrogens with zero attached hydrogens (tertiary/aromatic N) is 1. The molecule has 1 aromatic carbocycles. The molecule has 0 amide bonds. The molecule has 0 aliphatic carbocycles. The van der Waals surface area contributed by atoms with Crippen molar-refractivity contribution < 1.29 is 18.3 Å². The van der Waals surface area contributed by atoms with Gasteiger partial charge in [-0.15, -0.1) is 0 Å². The van der Waals surface area contributed by atoms with Gasteiger partial charge in [0.2, 0.25) is 0 Å². The summed E-state index contributed by atoms with van der Waals surface area (Å²) in [4.78, 5) is 2.24. The zero-order valence-corrected chi connectivity index (χ0v) is 11.5. The third-order valence-corrected chi connectivity index (χ3v) is 3.19. The lowest BCUT2D eigenvalue weighted by Crippen LogP contribution is -2.44. The summed E-state index contributed by atoms with van der Waals surface area (Å²) in [5.74, 6) is 0.181. The quantitative estimate of drug-likeness (QED) is 0.863. The van der Waals surface area contributed by atoms with Crippen molar-refractivity contribution >= 4 is 0 Å². The van der Waals surface area contributed by atoms with Crippen molar-refractivity contribution in [2.45, 2.75) is 19.3 Å². The first-order valence-corrected chi connectivity index (χ1v) is 6.68. The minimum atomic E-state index is -2.78. The Morgan fingerprint density at radius 3 is 2.80 bits per heavy atom. The van der Waals surface area contributed by atoms with E-state index in [2.05, 4.69) is 22.0 Å². The molecule has 1 saturated heterocycles. The van der Waals surface area contributed by atoms with Gasteiger partial charge in [0.1, 0.15) is 5.75 Å². The van der Waals surface area contributed by atoms with E-state index >= 15 is 0 Å². The van der Waals surface area contributed by atoms with Crippen LogP contribution < -0.4 is 10.1 Å². The SMILES string of the molecule is CN1CCOC(CNCc2ccc(OC(F)F)cc2)C1. The Hall–Kier alpha value is -1.24. The van der Waals surface area contributed by atoms with E-state index in [1.54, 1.807) is 24.3 Å². The maximum atomic E-state index is 12.0. The van der Waals surface area contributed by atoms with E-state index in [-0.39, 0.29) is 11.9 Å². The Morgan fingerprint density at radius 1 is 1.40 bits per heavy atom. The second-order valence-electron chi connectivity index (χ2n) is 4.91. The third-order valence-electron chi connectivity index (χ3n) is 3.19. The highest BCUT2D eigenvalue weighted by Crippen LogP contribution is 2.14. The van der Waals surface area contributed by atoms with E-state index in [4.69, 9.17) is 4.74 Å². The molecule has 1 heterocycles. The van der Waals surface area contributed by atoms with Crippen molar-refractivity contribution in [3.8, 4) is 5.75 Å². The van der Waals surface area contributed by atoms with Gasteiger partial charge in [-0.3, -0.25) is 0 Å². The second kappa shape index (κ2) is 7.52. The van der Waals surface area contributed by atoms with Crippen LogP contribution in [0.1, 0.15) is 5.56 Å². The molecule has 1 N–H and O–H groups in total. The number of rotatable bonds is 6. The number of halogens is 2. The summed E-state index contributed by atoms with van der Waals surface area (Å²) in [5, 5.41) is 3.31. The van der Waals surface area contributed by atoms with Crippen molar-refractivity contribution in [3.63, 3.8) is 0 Å². The predicted octanol–water partition coefficient (Wildman–Crippen LogP) is 1.71. The summed E-state index contributed by atoms with van der Waals surface area (Å²) in [7, 11) is 2.08. The zero-order valence-electron chi connectivity index (χ0n) is 11.5. The fraction of sp³-hybridized carbons (Fsp3) is 0.571. The molecule has 6 heteroatoms. The standard InChI is InChI=1S/C14H20F2N2O2/c1-18-6-7-19-13(10-18)9-17-8-11-2-4-12(5-3-11)20-14(15)16/h2-5,13-14,17H,6-10H2,1H3. The van der Waals surface area contributed by atoms with Crippen LogP contribution in [0.3, 0.4) is 0 Å². The molecule has 1 aliphatic heterocycles. The van der Waals surface area contributed by atoms with E-state index in [0.717, 1.165) is 31.8 Å². The molecule has 112 valence electrons. The normalized spacial score (nSPS) is 20.3. The molecule has 2 rings (SSSR count). The van der Waals surface area contributed by atoms with E-state index in [0.29, 0.717) is 6.54 Å². The van der Waals surface area contributed by atoms with Crippen LogP contribution in [0, 0.1) is 0 Å². The monoisotopic (exact) mass is 286 g/mol. The number of morpholine rings is 1. The van der Waals surface area contributed by atoms with E-state index in [1.165, 1.54) is 0 Å². The van der Waals surface area contributed by atoms with Crippen molar-refractivity contribution in [2.24, 2.45) is 0 Å². The van der Waals surface area contributed by atoms with Gasteiger partial charge in [0.15, 0.2) is 0 Å². The molecule has 1 aromatic rings.